The van der Waals surface area contributed by atoms with Crippen molar-refractivity contribution < 1.29 is 0 Å². The van der Waals surface area contributed by atoms with Gasteiger partial charge in [-0.3, -0.25) is 0 Å². The Bertz CT molecular complexity index is 3170. The summed E-state index contributed by atoms with van der Waals surface area (Å²) in [4.78, 5) is 10.4. The van der Waals surface area contributed by atoms with Gasteiger partial charge in [0.2, 0.25) is 0 Å². The van der Waals surface area contributed by atoms with Crippen LogP contribution in [0.2, 0.25) is 0 Å². The number of benzene rings is 7. The van der Waals surface area contributed by atoms with Crippen LogP contribution in [0.3, 0.4) is 0 Å². The second-order valence-corrected chi connectivity index (χ2v) is 15.0. The molecule has 0 aliphatic carbocycles. The van der Waals surface area contributed by atoms with Crippen LogP contribution in [0.15, 0.2) is 164 Å². The van der Waals surface area contributed by atoms with Crippen LogP contribution < -0.4 is 0 Å². The zero-order valence-electron chi connectivity index (χ0n) is 28.4. The second-order valence-electron chi connectivity index (χ2n) is 12.9. The molecule has 246 valence electrons. The van der Waals surface area contributed by atoms with Crippen LogP contribution in [-0.2, 0) is 0 Å². The van der Waals surface area contributed by atoms with Gasteiger partial charge in [0.25, 0.3) is 0 Å². The third kappa shape index (κ3) is 4.63. The molecule has 4 heterocycles. The summed E-state index contributed by atoms with van der Waals surface area (Å²) in [5.74, 6) is 0.742. The van der Waals surface area contributed by atoms with E-state index in [1.165, 1.54) is 62.8 Å². The largest absolute Gasteiger partial charge is 0.309 e. The van der Waals surface area contributed by atoms with Crippen LogP contribution in [0.1, 0.15) is 6.92 Å². The lowest BCUT2D eigenvalue weighted by molar-refractivity contribution is 1.18. The van der Waals surface area contributed by atoms with Gasteiger partial charge in [-0.15, -0.1) is 29.3 Å². The Balaban J connectivity index is 0.00000109. The van der Waals surface area contributed by atoms with E-state index in [4.69, 9.17) is 9.97 Å². The van der Waals surface area contributed by atoms with Gasteiger partial charge in [-0.05, 0) is 37.3 Å². The third-order valence-electron chi connectivity index (χ3n) is 9.78. The van der Waals surface area contributed by atoms with Crippen molar-refractivity contribution in [3.63, 3.8) is 0 Å². The molecule has 0 unspecified atom stereocenters. The number of fused-ring (bicyclic) bond motifs is 13. The number of hydrogen-bond donors (Lipinski definition) is 0. The molecule has 5 heteroatoms. The highest BCUT2D eigenvalue weighted by atomic mass is 32.1. The Morgan fingerprint density at radius 3 is 1.92 bits per heavy atom. The molecule has 11 aromatic rings. The fraction of sp³-hybridized carbons (Fsp3) is 0.0213. The third-order valence-corrected chi connectivity index (χ3v) is 12.1. The van der Waals surface area contributed by atoms with Crippen LogP contribution >= 0.6 is 22.7 Å². The highest BCUT2D eigenvalue weighted by Crippen LogP contribution is 2.48. The lowest BCUT2D eigenvalue weighted by Crippen LogP contribution is -1.97. The molecule has 52 heavy (non-hydrogen) atoms. The molecule has 3 nitrogen and oxygen atoms in total. The van der Waals surface area contributed by atoms with Crippen LogP contribution in [0.4, 0.5) is 0 Å². The summed E-state index contributed by atoms with van der Waals surface area (Å²) >= 11 is 3.67. The molecule has 0 amide bonds. The number of allylic oxidation sites excluding steroid dienone is 1. The second kappa shape index (κ2) is 12.3. The molecule has 0 bridgehead atoms. The zero-order chi connectivity index (χ0) is 34.8. The van der Waals surface area contributed by atoms with Crippen molar-refractivity contribution in [3.05, 3.63) is 164 Å². The summed E-state index contributed by atoms with van der Waals surface area (Å²) in [6.07, 6.45) is 1.75. The van der Waals surface area contributed by atoms with Gasteiger partial charge in [0.05, 0.1) is 26.9 Å². The van der Waals surface area contributed by atoms with Gasteiger partial charge in [0.1, 0.15) is 0 Å². The summed E-state index contributed by atoms with van der Waals surface area (Å²) < 4.78 is 7.47. The monoisotopic (exact) mass is 701 g/mol. The fourth-order valence-electron chi connectivity index (χ4n) is 7.68. The Kier molecular flexibility index (Phi) is 7.24. The Labute approximate surface area is 308 Å². The Morgan fingerprint density at radius 1 is 0.538 bits per heavy atom. The summed E-state index contributed by atoms with van der Waals surface area (Å²) in [6, 6.07) is 54.4. The molecule has 0 saturated heterocycles. The van der Waals surface area contributed by atoms with Gasteiger partial charge in [-0.1, -0.05) is 127 Å². The van der Waals surface area contributed by atoms with Gasteiger partial charge in [0, 0.05) is 68.6 Å². The molecule has 0 atom stereocenters. The highest BCUT2D eigenvalue weighted by molar-refractivity contribution is 7.27. The first kappa shape index (κ1) is 30.7. The van der Waals surface area contributed by atoms with Crippen LogP contribution in [0.25, 0.3) is 101 Å². The first-order valence-electron chi connectivity index (χ1n) is 17.4. The summed E-state index contributed by atoms with van der Waals surface area (Å²) in [6.45, 7) is 5.25. The van der Waals surface area contributed by atoms with E-state index in [9.17, 15) is 0 Å². The first-order valence-corrected chi connectivity index (χ1v) is 19.0. The summed E-state index contributed by atoms with van der Waals surface area (Å²) in [7, 11) is 0. The predicted molar refractivity (Wildman–Crippen MR) is 226 cm³/mol. The maximum atomic E-state index is 5.29. The molecule has 0 fully saturated rings. The van der Waals surface area contributed by atoms with Crippen molar-refractivity contribution in [3.8, 4) is 28.3 Å². The average molecular weight is 702 g/mol. The lowest BCUT2D eigenvalue weighted by atomic mass is 10.00. The predicted octanol–water partition coefficient (Wildman–Crippen LogP) is 14.0. The van der Waals surface area contributed by atoms with E-state index >= 15 is 0 Å². The van der Waals surface area contributed by atoms with E-state index in [0.29, 0.717) is 0 Å². The van der Waals surface area contributed by atoms with Gasteiger partial charge in [0.15, 0.2) is 5.82 Å². The highest BCUT2D eigenvalue weighted by Gasteiger charge is 2.22. The van der Waals surface area contributed by atoms with Gasteiger partial charge in [-0.2, -0.15) is 0 Å². The minimum atomic E-state index is 0.742. The molecule has 0 saturated carbocycles. The van der Waals surface area contributed by atoms with Crippen molar-refractivity contribution in [1.82, 2.24) is 14.5 Å². The molecule has 0 aliphatic heterocycles. The smallest absolute Gasteiger partial charge is 0.160 e. The van der Waals surface area contributed by atoms with E-state index in [-0.39, 0.29) is 0 Å². The standard InChI is InChI=1S/C44H25N3S2.C3H6/c1-2-13-26(14-3-1)44-45-39(43-40(46-44)33-21-8-11-24-36(33)49-43)27-15-12-16-28(25-27)47-34-22-9-6-19-31(34)37-38-32-20-7-10-23-35(32)48-42(38)30-18-5-4-17-29(30)41(37)47;1-3-2/h1-25H;3H,1H2,2H3. The maximum absolute atomic E-state index is 5.29. The van der Waals surface area contributed by atoms with Crippen LogP contribution in [0, 0.1) is 0 Å². The molecule has 4 aromatic heterocycles. The Morgan fingerprint density at radius 2 is 1.13 bits per heavy atom. The molecule has 0 N–H and O–H groups in total. The average Bonchev–Trinajstić information content (AvgIpc) is 3.88. The fourth-order valence-corrected chi connectivity index (χ4v) is 10.1. The number of aromatic nitrogens is 3. The molecule has 0 spiro atoms. The van der Waals surface area contributed by atoms with Crippen molar-refractivity contribution in [2.75, 3.05) is 0 Å². The zero-order valence-corrected chi connectivity index (χ0v) is 30.0. The van der Waals surface area contributed by atoms with Gasteiger partial charge >= 0.3 is 0 Å². The van der Waals surface area contributed by atoms with Crippen LogP contribution in [0.5, 0.6) is 0 Å². The minimum Gasteiger partial charge on any atom is -0.309 e. The van der Waals surface area contributed by atoms with E-state index in [2.05, 4.69) is 157 Å². The van der Waals surface area contributed by atoms with Crippen molar-refractivity contribution >= 4 is 95.7 Å². The number of nitrogens with zero attached hydrogens (tertiary/aromatic N) is 3. The SMILES string of the molecule is C=CC.c1ccc(-c2nc(-c3cccc(-n4c5ccccc5c5c6c7ccccc7sc6c6ccccc6c54)c3)c3sc4ccccc4c3n2)cc1. The van der Waals surface area contributed by atoms with Crippen molar-refractivity contribution in [1.29, 1.82) is 0 Å². The molecule has 0 aliphatic rings. The molecular formula is C47H31N3S2. The van der Waals surface area contributed by atoms with E-state index in [1.54, 1.807) is 17.4 Å². The molecular weight excluding hydrogens is 671 g/mol. The first-order chi connectivity index (χ1) is 25.7. The van der Waals surface area contributed by atoms with Crippen LogP contribution in [-0.4, -0.2) is 14.5 Å². The van der Waals surface area contributed by atoms with E-state index in [1.807, 2.05) is 24.3 Å². The van der Waals surface area contributed by atoms with Gasteiger partial charge < -0.3 is 4.57 Å². The van der Waals surface area contributed by atoms with E-state index < -0.39 is 0 Å². The molecule has 11 rings (SSSR count). The quantitative estimate of drug-likeness (QED) is 0.172. The minimum absolute atomic E-state index is 0.742. The molecule has 0 radical (unpaired) electrons. The van der Waals surface area contributed by atoms with E-state index in [0.717, 1.165) is 38.5 Å². The maximum Gasteiger partial charge on any atom is 0.160 e. The Hall–Kier alpha value is -6.14. The van der Waals surface area contributed by atoms with Crippen molar-refractivity contribution in [2.45, 2.75) is 6.92 Å². The molecule has 7 aromatic carbocycles. The number of rotatable bonds is 3. The number of para-hydroxylation sites is 1. The van der Waals surface area contributed by atoms with Gasteiger partial charge in [-0.25, -0.2) is 9.97 Å². The number of thiophene rings is 2. The normalized spacial score (nSPS) is 11.6. The number of hydrogen-bond acceptors (Lipinski definition) is 4. The van der Waals surface area contributed by atoms with Crippen molar-refractivity contribution in [2.24, 2.45) is 0 Å². The summed E-state index contributed by atoms with van der Waals surface area (Å²) in [5.41, 5.74) is 7.60. The topological polar surface area (TPSA) is 30.7 Å². The lowest BCUT2D eigenvalue weighted by Gasteiger charge is -2.13. The summed E-state index contributed by atoms with van der Waals surface area (Å²) in [5, 5.41) is 8.96.